The van der Waals surface area contributed by atoms with Crippen molar-refractivity contribution in [1.29, 1.82) is 0 Å². The summed E-state index contributed by atoms with van der Waals surface area (Å²) in [4.78, 5) is 139. The van der Waals surface area contributed by atoms with E-state index < -0.39 is 164 Å². The number of nitrogens with zero attached hydrogens (tertiary/aromatic N) is 6. The summed E-state index contributed by atoms with van der Waals surface area (Å²) in [5.74, 6) is -13.8. The Bertz CT molecular complexity index is 3680. The van der Waals surface area contributed by atoms with Gasteiger partial charge >= 0.3 is 36.2 Å². The molecule has 7 rings (SSSR count). The van der Waals surface area contributed by atoms with Crippen LogP contribution in [0.5, 0.6) is 0 Å². The number of H-pyrrole nitrogens is 2. The minimum Gasteiger partial charge on any atom is -0.480 e. The molecular formula is C61H68F6N8O14. The SMILES string of the molecule is CCCCCCOC(C)c1c(C)c2cc3nc(c4c5[nH]c(cc6nc(cc1[nH]2)C(C)=C6CC)c(C)c5C(=O)N(Cc1ccc(C(F)(F)F)cc1C(F)(F)F)C4=O)C(C)(CCC(=O)N(CC(=O)N(CC(=O)O)CC(=O)O)CC(=O)N(CC(=O)O)CC(=O)O)C3C. The van der Waals surface area contributed by atoms with Gasteiger partial charge in [-0.2, -0.15) is 26.3 Å². The van der Waals surface area contributed by atoms with Gasteiger partial charge in [-0.25, -0.2) is 4.98 Å². The van der Waals surface area contributed by atoms with Crippen LogP contribution in [0.1, 0.15) is 175 Å². The molecule has 28 heteroatoms. The third-order valence-electron chi connectivity index (χ3n) is 16.6. The normalized spacial score (nSPS) is 16.2. The number of amides is 5. The molecule has 3 atom stereocenters. The molecular weight excluding hydrogens is 1180 g/mol. The molecule has 3 unspecified atom stereocenters. The summed E-state index contributed by atoms with van der Waals surface area (Å²) >= 11 is 0. The second kappa shape index (κ2) is 26.8. The van der Waals surface area contributed by atoms with Crippen LogP contribution in [0.4, 0.5) is 26.3 Å². The number of aliphatic carboxylic acids is 4. The van der Waals surface area contributed by atoms with E-state index in [2.05, 4.69) is 16.9 Å². The molecule has 3 aromatic heterocycles. The van der Waals surface area contributed by atoms with Gasteiger partial charge in [-0.1, -0.05) is 53.0 Å². The van der Waals surface area contributed by atoms with Crippen molar-refractivity contribution in [1.82, 2.24) is 39.5 Å². The smallest absolute Gasteiger partial charge is 0.416 e. The third kappa shape index (κ3) is 14.6. The molecule has 0 radical (unpaired) electrons. The summed E-state index contributed by atoms with van der Waals surface area (Å²) in [5, 5.41) is 38.2. The van der Waals surface area contributed by atoms with Gasteiger partial charge in [0.1, 0.15) is 39.3 Å². The number of hydrogen-bond donors (Lipinski definition) is 6. The van der Waals surface area contributed by atoms with Gasteiger partial charge < -0.3 is 49.8 Å². The van der Waals surface area contributed by atoms with E-state index in [0.29, 0.717) is 72.7 Å². The summed E-state index contributed by atoms with van der Waals surface area (Å²) in [7, 11) is 0. The Morgan fingerprint density at radius 1 is 0.685 bits per heavy atom. The van der Waals surface area contributed by atoms with Crippen LogP contribution in [0.25, 0.3) is 33.2 Å². The fourth-order valence-corrected chi connectivity index (χ4v) is 11.6. The number of halogens is 6. The number of carboxylic acid groups (broad SMARTS) is 4. The summed E-state index contributed by atoms with van der Waals surface area (Å²) in [5.41, 5.74) is -1.24. The lowest BCUT2D eigenvalue weighted by molar-refractivity contribution is -0.153. The van der Waals surface area contributed by atoms with Gasteiger partial charge in [-0.05, 0) is 105 Å². The molecule has 3 aliphatic rings. The maximum Gasteiger partial charge on any atom is 0.416 e. The minimum atomic E-state index is -5.44. The minimum absolute atomic E-state index is 0.124. The average Bonchev–Trinajstić information content (AvgIpc) is 1.62. The number of aromatic amines is 2. The van der Waals surface area contributed by atoms with Gasteiger partial charge in [-0.3, -0.25) is 53.0 Å². The van der Waals surface area contributed by atoms with Gasteiger partial charge in [0.2, 0.25) is 17.7 Å². The maximum atomic E-state index is 15.7. The molecule has 0 saturated heterocycles. The van der Waals surface area contributed by atoms with Crippen molar-refractivity contribution >= 4 is 86.6 Å². The highest BCUT2D eigenvalue weighted by Gasteiger charge is 2.48. The molecule has 3 aliphatic heterocycles. The summed E-state index contributed by atoms with van der Waals surface area (Å²) in [6.45, 7) is 6.36. The van der Waals surface area contributed by atoms with E-state index >= 15 is 9.59 Å². The van der Waals surface area contributed by atoms with Crippen LogP contribution in [-0.4, -0.2) is 159 Å². The van der Waals surface area contributed by atoms with Crippen LogP contribution >= 0.6 is 0 Å². The largest absolute Gasteiger partial charge is 0.480 e. The van der Waals surface area contributed by atoms with Crippen molar-refractivity contribution < 1.29 is 94.7 Å². The fraction of sp³-hybridized carbons (Fsp3) is 0.459. The number of imide groups is 1. The standard InChI is InChI=1S/C61H68F6N8O14/c1-9-11-12-13-18-89-34(7)52-31(4)40-20-42-33(6)59(8,17-16-45(76)72(24-46(77)73(26-48(79)80)27-49(81)82)25-47(78)74(28-50(83)84)29-51(85)86)56(71-42)54-55-53(32(5)41(70-55)21-43-37(10-2)30(3)39(68-43)22-44(52)69-40)57(87)75(58(54)88)23-35-14-15-36(60(62,63)64)19-38(35)61(65,66)67/h14-15,19-22,33-34,69-70H,9-13,16-18,23-29H2,1-8H3,(H,79,80)(H,81,82)(H,83,84)(H,85,86). The van der Waals surface area contributed by atoms with E-state index in [0.717, 1.165) is 42.4 Å². The van der Waals surface area contributed by atoms with Crippen molar-refractivity contribution in [3.05, 3.63) is 104 Å². The zero-order valence-electron chi connectivity index (χ0n) is 50.0. The number of allylic oxidation sites excluding steroid dienone is 2. The number of carbonyl (C=O) groups excluding carboxylic acids is 5. The predicted molar refractivity (Wildman–Crippen MR) is 308 cm³/mol. The second-order valence-corrected chi connectivity index (χ2v) is 22.5. The first-order valence-electron chi connectivity index (χ1n) is 28.6. The van der Waals surface area contributed by atoms with Gasteiger partial charge in [0.25, 0.3) is 11.8 Å². The first-order chi connectivity index (χ1) is 41.6. The number of carbonyl (C=O) groups is 9. The maximum absolute atomic E-state index is 15.7. The fourth-order valence-electron chi connectivity index (χ4n) is 11.6. The van der Waals surface area contributed by atoms with Crippen LogP contribution in [-0.2, 0) is 62.6 Å². The Hall–Kier alpha value is -8.95. The number of unbranched alkanes of at least 4 members (excludes halogenated alkanes) is 3. The Kier molecular flexibility index (Phi) is 20.3. The molecule has 0 saturated carbocycles. The number of hydrogen-bond acceptors (Lipinski definition) is 12. The highest BCUT2D eigenvalue weighted by Crippen LogP contribution is 2.49. The van der Waals surface area contributed by atoms with Crippen LogP contribution in [0.15, 0.2) is 36.4 Å². The monoisotopic (exact) mass is 1250 g/mol. The lowest BCUT2D eigenvalue weighted by Crippen LogP contribution is -2.51. The van der Waals surface area contributed by atoms with Gasteiger partial charge in [0, 0.05) is 52.2 Å². The molecule has 0 fully saturated rings. The summed E-state index contributed by atoms with van der Waals surface area (Å²) < 4.78 is 93.0. The Morgan fingerprint density at radius 2 is 1.24 bits per heavy atom. The number of rotatable bonds is 25. The van der Waals surface area contributed by atoms with Crippen molar-refractivity contribution in [3.8, 4) is 0 Å². The highest BCUT2D eigenvalue weighted by atomic mass is 19.4. The first kappa shape index (κ1) is 67.6. The van der Waals surface area contributed by atoms with E-state index in [-0.39, 0.29) is 39.6 Å². The lowest BCUT2D eigenvalue weighted by Gasteiger charge is -2.34. The molecule has 0 aliphatic carbocycles. The van der Waals surface area contributed by atoms with Crippen molar-refractivity contribution in [3.63, 3.8) is 0 Å². The summed E-state index contributed by atoms with van der Waals surface area (Å²) in [6.07, 6.45) is -8.15. The number of fused-ring (bicyclic) bond motifs is 8. The van der Waals surface area contributed by atoms with E-state index in [9.17, 15) is 80.3 Å². The Labute approximate surface area is 505 Å². The van der Waals surface area contributed by atoms with Crippen LogP contribution in [0.3, 0.4) is 0 Å². The Balaban J connectivity index is 1.51. The van der Waals surface area contributed by atoms with Crippen molar-refractivity contribution in [2.24, 2.45) is 0 Å². The molecule has 89 heavy (non-hydrogen) atoms. The van der Waals surface area contributed by atoms with Gasteiger partial charge in [0.05, 0.1) is 57.5 Å². The quantitative estimate of drug-likeness (QED) is 0.0204. The molecule has 6 heterocycles. The van der Waals surface area contributed by atoms with Crippen molar-refractivity contribution in [2.45, 2.75) is 137 Å². The zero-order valence-corrected chi connectivity index (χ0v) is 50.0. The molecule has 478 valence electrons. The number of alkyl halides is 6. The predicted octanol–water partition coefficient (Wildman–Crippen LogP) is 9.43. The van der Waals surface area contributed by atoms with Crippen LogP contribution in [0, 0.1) is 13.8 Å². The number of benzene rings is 1. The molecule has 4 aromatic rings. The number of aromatic nitrogens is 4. The molecule has 1 aromatic carbocycles. The molecule has 0 spiro atoms. The number of carboxylic acids is 4. The third-order valence-corrected chi connectivity index (χ3v) is 16.6. The summed E-state index contributed by atoms with van der Waals surface area (Å²) in [6, 6.07) is 5.98. The number of ether oxygens (including phenoxy) is 1. The Morgan fingerprint density at radius 3 is 1.78 bits per heavy atom. The van der Waals surface area contributed by atoms with Gasteiger partial charge in [0.15, 0.2) is 0 Å². The van der Waals surface area contributed by atoms with Crippen molar-refractivity contribution in [2.75, 3.05) is 45.9 Å². The van der Waals surface area contributed by atoms with Crippen LogP contribution in [0.2, 0.25) is 0 Å². The molecule has 8 bridgehead atoms. The van der Waals surface area contributed by atoms with E-state index in [1.807, 2.05) is 33.8 Å². The van der Waals surface area contributed by atoms with E-state index in [1.54, 1.807) is 26.0 Å². The van der Waals surface area contributed by atoms with Gasteiger partial charge in [-0.15, -0.1) is 0 Å². The second-order valence-electron chi connectivity index (χ2n) is 22.5. The molecule has 22 nitrogen and oxygen atoms in total. The highest BCUT2D eigenvalue weighted by molar-refractivity contribution is 6.23. The molecule has 6 N–H and O–H groups in total. The number of nitrogens with one attached hydrogen (secondary N) is 2. The number of aryl methyl sites for hydroxylation is 2. The molecule has 5 amide bonds. The van der Waals surface area contributed by atoms with Crippen LogP contribution < -0.4 is 0 Å². The lowest BCUT2D eigenvalue weighted by atomic mass is 9.71. The first-order valence-corrected chi connectivity index (χ1v) is 28.6. The zero-order chi connectivity index (χ0) is 65.9. The average molecular weight is 1250 g/mol. The topological polar surface area (TPSA) is 314 Å². The van der Waals surface area contributed by atoms with E-state index in [1.165, 1.54) is 6.92 Å². The van der Waals surface area contributed by atoms with E-state index in [4.69, 9.17) is 14.7 Å².